The lowest BCUT2D eigenvalue weighted by atomic mass is 9.93. The molecular formula is C11H20N2O3. The van der Waals surface area contributed by atoms with Crippen molar-refractivity contribution in [2.45, 2.75) is 39.2 Å². The van der Waals surface area contributed by atoms with Gasteiger partial charge in [0.2, 0.25) is 5.91 Å². The van der Waals surface area contributed by atoms with Crippen LogP contribution in [0, 0.1) is 5.41 Å². The summed E-state index contributed by atoms with van der Waals surface area (Å²) in [5.74, 6) is -0.988. The van der Waals surface area contributed by atoms with E-state index in [0.717, 1.165) is 25.8 Å². The molecule has 0 spiro atoms. The highest BCUT2D eigenvalue weighted by Gasteiger charge is 2.29. The second kappa shape index (κ2) is 5.30. The molecule has 1 unspecified atom stereocenters. The Labute approximate surface area is 95.6 Å². The monoisotopic (exact) mass is 228 g/mol. The molecule has 16 heavy (non-hydrogen) atoms. The largest absolute Gasteiger partial charge is 0.481 e. The van der Waals surface area contributed by atoms with E-state index >= 15 is 0 Å². The van der Waals surface area contributed by atoms with Crippen molar-refractivity contribution >= 4 is 11.9 Å². The molecular weight excluding hydrogens is 208 g/mol. The van der Waals surface area contributed by atoms with Crippen molar-refractivity contribution in [2.24, 2.45) is 5.41 Å². The number of piperidine rings is 1. The second-order valence-electron chi connectivity index (χ2n) is 4.91. The van der Waals surface area contributed by atoms with E-state index in [-0.39, 0.29) is 18.5 Å². The summed E-state index contributed by atoms with van der Waals surface area (Å²) in [7, 11) is 0. The van der Waals surface area contributed by atoms with Crippen LogP contribution >= 0.6 is 0 Å². The zero-order chi connectivity index (χ0) is 12.2. The molecule has 1 rings (SSSR count). The molecule has 0 aromatic rings. The van der Waals surface area contributed by atoms with Gasteiger partial charge < -0.3 is 15.7 Å². The van der Waals surface area contributed by atoms with Crippen LogP contribution in [-0.2, 0) is 9.59 Å². The first-order valence-corrected chi connectivity index (χ1v) is 5.68. The van der Waals surface area contributed by atoms with E-state index in [1.807, 2.05) is 0 Å². The van der Waals surface area contributed by atoms with E-state index in [4.69, 9.17) is 5.11 Å². The molecule has 3 N–H and O–H groups in total. The third kappa shape index (κ3) is 3.48. The lowest BCUT2D eigenvalue weighted by Gasteiger charge is -2.25. The first-order valence-electron chi connectivity index (χ1n) is 5.68. The van der Waals surface area contributed by atoms with Gasteiger partial charge >= 0.3 is 5.97 Å². The number of carboxylic acid groups (broad SMARTS) is 1. The fourth-order valence-corrected chi connectivity index (χ4v) is 1.58. The minimum Gasteiger partial charge on any atom is -0.481 e. The van der Waals surface area contributed by atoms with Crippen LogP contribution in [0.5, 0.6) is 0 Å². The number of carbonyl (C=O) groups excluding carboxylic acids is 1. The smallest absolute Gasteiger partial charge is 0.310 e. The quantitative estimate of drug-likeness (QED) is 0.649. The zero-order valence-corrected chi connectivity index (χ0v) is 9.88. The topological polar surface area (TPSA) is 78.4 Å². The van der Waals surface area contributed by atoms with E-state index in [1.54, 1.807) is 13.8 Å². The van der Waals surface area contributed by atoms with Gasteiger partial charge in [-0.05, 0) is 33.2 Å². The number of nitrogens with one attached hydrogen (secondary N) is 2. The number of carbonyl (C=O) groups is 2. The van der Waals surface area contributed by atoms with Gasteiger partial charge in [0, 0.05) is 6.54 Å². The van der Waals surface area contributed by atoms with Crippen LogP contribution in [0.2, 0.25) is 0 Å². The summed E-state index contributed by atoms with van der Waals surface area (Å²) in [4.78, 5) is 22.5. The Hall–Kier alpha value is -1.10. The Morgan fingerprint density at radius 2 is 2.12 bits per heavy atom. The van der Waals surface area contributed by atoms with Crippen molar-refractivity contribution < 1.29 is 14.7 Å². The van der Waals surface area contributed by atoms with Crippen LogP contribution in [0.25, 0.3) is 0 Å². The van der Waals surface area contributed by atoms with Gasteiger partial charge in [-0.25, -0.2) is 0 Å². The fourth-order valence-electron chi connectivity index (χ4n) is 1.58. The summed E-state index contributed by atoms with van der Waals surface area (Å²) in [6.07, 6.45) is 2.98. The summed E-state index contributed by atoms with van der Waals surface area (Å²) in [6, 6.07) is -0.154. The molecule has 0 radical (unpaired) electrons. The van der Waals surface area contributed by atoms with E-state index in [2.05, 4.69) is 10.6 Å². The van der Waals surface area contributed by atoms with Gasteiger partial charge in [0.1, 0.15) is 0 Å². The Bertz CT molecular complexity index is 270. The molecule has 0 saturated carbocycles. The Morgan fingerprint density at radius 3 is 2.62 bits per heavy atom. The number of hydrogen-bond donors (Lipinski definition) is 3. The first kappa shape index (κ1) is 13.0. The molecule has 1 fully saturated rings. The predicted molar refractivity (Wildman–Crippen MR) is 60.1 cm³/mol. The standard InChI is InChI=1S/C11H20N2O3/c1-11(2,10(15)16)7-13-9(14)8-5-3-4-6-12-8/h8,12H,3-7H2,1-2H3,(H,13,14)(H,15,16). The summed E-state index contributed by atoms with van der Waals surface area (Å²) in [6.45, 7) is 4.23. The number of carboxylic acids is 1. The number of aliphatic carboxylic acids is 1. The minimum atomic E-state index is -0.912. The predicted octanol–water partition coefficient (Wildman–Crippen LogP) is 0.356. The summed E-state index contributed by atoms with van der Waals surface area (Å²) < 4.78 is 0. The first-order chi connectivity index (χ1) is 7.43. The molecule has 1 amide bonds. The van der Waals surface area contributed by atoms with Crippen molar-refractivity contribution in [2.75, 3.05) is 13.1 Å². The van der Waals surface area contributed by atoms with E-state index in [1.165, 1.54) is 0 Å². The average Bonchev–Trinajstić information content (AvgIpc) is 2.27. The zero-order valence-electron chi connectivity index (χ0n) is 9.88. The van der Waals surface area contributed by atoms with E-state index in [9.17, 15) is 9.59 Å². The van der Waals surface area contributed by atoms with Crippen molar-refractivity contribution in [3.63, 3.8) is 0 Å². The average molecular weight is 228 g/mol. The maximum absolute atomic E-state index is 11.7. The fraction of sp³-hybridized carbons (Fsp3) is 0.818. The highest BCUT2D eigenvalue weighted by molar-refractivity contribution is 5.83. The van der Waals surface area contributed by atoms with Crippen LogP contribution in [0.4, 0.5) is 0 Å². The van der Waals surface area contributed by atoms with Gasteiger partial charge in [0.15, 0.2) is 0 Å². The lowest BCUT2D eigenvalue weighted by molar-refractivity contribution is -0.146. The summed E-state index contributed by atoms with van der Waals surface area (Å²) in [5.41, 5.74) is -0.912. The molecule has 1 atom stereocenters. The van der Waals surface area contributed by atoms with E-state index in [0.29, 0.717) is 0 Å². The number of amides is 1. The molecule has 1 heterocycles. The third-order valence-electron chi connectivity index (χ3n) is 2.91. The molecule has 1 saturated heterocycles. The molecule has 0 bridgehead atoms. The Balaban J connectivity index is 2.37. The van der Waals surface area contributed by atoms with Gasteiger partial charge in [-0.3, -0.25) is 9.59 Å². The van der Waals surface area contributed by atoms with Crippen LogP contribution in [-0.4, -0.2) is 36.1 Å². The van der Waals surface area contributed by atoms with Crippen molar-refractivity contribution in [1.82, 2.24) is 10.6 Å². The maximum atomic E-state index is 11.7. The van der Waals surface area contributed by atoms with Crippen molar-refractivity contribution in [3.8, 4) is 0 Å². The summed E-state index contributed by atoms with van der Waals surface area (Å²) >= 11 is 0. The molecule has 92 valence electrons. The molecule has 0 aromatic heterocycles. The van der Waals surface area contributed by atoms with Gasteiger partial charge in [0.25, 0.3) is 0 Å². The Morgan fingerprint density at radius 1 is 1.44 bits per heavy atom. The molecule has 0 aromatic carbocycles. The second-order valence-corrected chi connectivity index (χ2v) is 4.91. The summed E-state index contributed by atoms with van der Waals surface area (Å²) in [5, 5.41) is 14.7. The maximum Gasteiger partial charge on any atom is 0.310 e. The SMILES string of the molecule is CC(C)(CNC(=O)C1CCCCN1)C(=O)O. The van der Waals surface area contributed by atoms with Crippen LogP contribution < -0.4 is 10.6 Å². The Kier molecular flexibility index (Phi) is 4.29. The highest BCUT2D eigenvalue weighted by Crippen LogP contribution is 2.14. The molecule has 1 aliphatic heterocycles. The lowest BCUT2D eigenvalue weighted by Crippen LogP contribution is -2.49. The van der Waals surface area contributed by atoms with Crippen molar-refractivity contribution in [1.29, 1.82) is 0 Å². The highest BCUT2D eigenvalue weighted by atomic mass is 16.4. The van der Waals surface area contributed by atoms with Crippen LogP contribution in [0.1, 0.15) is 33.1 Å². The number of rotatable bonds is 4. The molecule has 0 aliphatic carbocycles. The van der Waals surface area contributed by atoms with Gasteiger partial charge in [0.05, 0.1) is 11.5 Å². The normalized spacial score (nSPS) is 21.5. The molecule has 5 nitrogen and oxygen atoms in total. The number of hydrogen-bond acceptors (Lipinski definition) is 3. The van der Waals surface area contributed by atoms with Crippen LogP contribution in [0.3, 0.4) is 0 Å². The van der Waals surface area contributed by atoms with Crippen molar-refractivity contribution in [3.05, 3.63) is 0 Å². The van der Waals surface area contributed by atoms with E-state index < -0.39 is 11.4 Å². The van der Waals surface area contributed by atoms with Gasteiger partial charge in [-0.1, -0.05) is 6.42 Å². The minimum absolute atomic E-state index is 0.0889. The van der Waals surface area contributed by atoms with Gasteiger partial charge in [-0.15, -0.1) is 0 Å². The van der Waals surface area contributed by atoms with Crippen LogP contribution in [0.15, 0.2) is 0 Å². The molecule has 5 heteroatoms. The van der Waals surface area contributed by atoms with Gasteiger partial charge in [-0.2, -0.15) is 0 Å². The third-order valence-corrected chi connectivity index (χ3v) is 2.91. The molecule has 1 aliphatic rings.